The molecule has 2 rings (SSSR count). The van der Waals surface area contributed by atoms with Crippen molar-refractivity contribution < 1.29 is 4.74 Å². The van der Waals surface area contributed by atoms with Crippen LogP contribution in [0.3, 0.4) is 0 Å². The summed E-state index contributed by atoms with van der Waals surface area (Å²) >= 11 is 1.65. The number of thiazole rings is 1. The summed E-state index contributed by atoms with van der Waals surface area (Å²) in [4.78, 5) is 4.26. The zero-order valence-corrected chi connectivity index (χ0v) is 10.8. The minimum atomic E-state index is 0.433. The highest BCUT2D eigenvalue weighted by Gasteiger charge is 2.29. The topological polar surface area (TPSA) is 34.1 Å². The predicted octanol–water partition coefficient (Wildman–Crippen LogP) is 2.29. The molecule has 1 aliphatic rings. The second-order valence-corrected chi connectivity index (χ2v) is 5.46. The molecule has 1 saturated heterocycles. The van der Waals surface area contributed by atoms with Crippen molar-refractivity contribution in [2.45, 2.75) is 32.9 Å². The summed E-state index contributed by atoms with van der Waals surface area (Å²) in [7, 11) is 0. The smallest absolute Gasteiger partial charge is 0.0795 e. The van der Waals surface area contributed by atoms with Gasteiger partial charge in [-0.15, -0.1) is 11.3 Å². The number of hydrogen-bond acceptors (Lipinski definition) is 4. The zero-order chi connectivity index (χ0) is 11.4. The molecule has 0 amide bonds. The van der Waals surface area contributed by atoms with Crippen molar-refractivity contribution in [3.05, 3.63) is 16.6 Å². The Balaban J connectivity index is 1.73. The second-order valence-electron chi connectivity index (χ2n) is 4.74. The Kier molecular flexibility index (Phi) is 4.32. The van der Waals surface area contributed by atoms with Crippen molar-refractivity contribution in [2.24, 2.45) is 11.8 Å². The Hall–Kier alpha value is -0.450. The number of ether oxygens (including phenoxy) is 1. The van der Waals surface area contributed by atoms with Gasteiger partial charge in [0.1, 0.15) is 0 Å². The number of hydrogen-bond donors (Lipinski definition) is 1. The molecule has 90 valence electrons. The summed E-state index contributed by atoms with van der Waals surface area (Å²) in [5.74, 6) is 1.28. The van der Waals surface area contributed by atoms with Gasteiger partial charge in [-0.3, -0.25) is 0 Å². The normalized spacial score (nSPS) is 25.4. The van der Waals surface area contributed by atoms with Crippen LogP contribution in [0.2, 0.25) is 0 Å². The number of aromatic nitrogens is 1. The fraction of sp³-hybridized carbons (Fsp3) is 0.750. The van der Waals surface area contributed by atoms with Crippen LogP contribution in [0.25, 0.3) is 0 Å². The number of rotatable bonds is 5. The van der Waals surface area contributed by atoms with Gasteiger partial charge in [0.05, 0.1) is 17.3 Å². The molecule has 4 heteroatoms. The first-order valence-electron chi connectivity index (χ1n) is 5.96. The molecule has 0 radical (unpaired) electrons. The summed E-state index contributed by atoms with van der Waals surface area (Å²) in [6, 6.07) is 0. The van der Waals surface area contributed by atoms with Crippen LogP contribution in [0.1, 0.15) is 26.0 Å². The van der Waals surface area contributed by atoms with E-state index in [0.717, 1.165) is 25.4 Å². The van der Waals surface area contributed by atoms with E-state index in [1.807, 2.05) is 5.51 Å². The fourth-order valence-corrected chi connectivity index (χ4v) is 2.88. The first kappa shape index (κ1) is 12.0. The van der Waals surface area contributed by atoms with Crippen LogP contribution in [0.15, 0.2) is 10.9 Å². The van der Waals surface area contributed by atoms with Gasteiger partial charge in [-0.05, 0) is 18.3 Å². The highest BCUT2D eigenvalue weighted by Crippen LogP contribution is 2.26. The van der Waals surface area contributed by atoms with Gasteiger partial charge in [0.15, 0.2) is 0 Å². The Morgan fingerprint density at radius 1 is 1.62 bits per heavy atom. The van der Waals surface area contributed by atoms with Crippen molar-refractivity contribution in [3.8, 4) is 0 Å². The lowest BCUT2D eigenvalue weighted by atomic mass is 9.93. The lowest BCUT2D eigenvalue weighted by Gasteiger charge is -2.22. The fourth-order valence-electron chi connectivity index (χ4n) is 2.32. The molecule has 0 saturated carbocycles. The zero-order valence-electron chi connectivity index (χ0n) is 9.98. The molecular formula is C12H20N2OS. The Labute approximate surface area is 101 Å². The minimum absolute atomic E-state index is 0.433. The number of nitrogens with zero attached hydrogens (tertiary/aromatic N) is 1. The van der Waals surface area contributed by atoms with E-state index in [9.17, 15) is 0 Å². The van der Waals surface area contributed by atoms with Crippen LogP contribution in [0.5, 0.6) is 0 Å². The van der Waals surface area contributed by atoms with Crippen molar-refractivity contribution in [1.29, 1.82) is 0 Å². The van der Waals surface area contributed by atoms with E-state index in [2.05, 4.69) is 29.5 Å². The quantitative estimate of drug-likeness (QED) is 0.857. The highest BCUT2D eigenvalue weighted by molar-refractivity contribution is 7.07. The van der Waals surface area contributed by atoms with E-state index in [1.54, 1.807) is 11.3 Å². The van der Waals surface area contributed by atoms with Gasteiger partial charge in [-0.25, -0.2) is 4.98 Å². The first-order valence-corrected chi connectivity index (χ1v) is 6.91. The Morgan fingerprint density at radius 2 is 2.50 bits per heavy atom. The SMILES string of the molecule is CC(C)[C@H]1OCC[C@@H]1CNCc1cscn1. The molecular weight excluding hydrogens is 220 g/mol. The molecule has 0 unspecified atom stereocenters. The number of nitrogens with one attached hydrogen (secondary N) is 1. The molecule has 0 bridgehead atoms. The van der Waals surface area contributed by atoms with Crippen LogP contribution in [0.4, 0.5) is 0 Å². The van der Waals surface area contributed by atoms with Crippen LogP contribution in [-0.2, 0) is 11.3 Å². The van der Waals surface area contributed by atoms with Crippen LogP contribution in [-0.4, -0.2) is 24.2 Å². The van der Waals surface area contributed by atoms with E-state index in [4.69, 9.17) is 4.74 Å². The summed E-state index contributed by atoms with van der Waals surface area (Å²) in [6.07, 6.45) is 1.62. The molecule has 3 nitrogen and oxygen atoms in total. The van der Waals surface area contributed by atoms with Crippen molar-refractivity contribution in [2.75, 3.05) is 13.2 Å². The monoisotopic (exact) mass is 240 g/mol. The summed E-state index contributed by atoms with van der Waals surface area (Å²) in [5, 5.41) is 5.57. The average molecular weight is 240 g/mol. The maximum absolute atomic E-state index is 5.76. The summed E-state index contributed by atoms with van der Waals surface area (Å²) in [6.45, 7) is 7.32. The lowest BCUT2D eigenvalue weighted by molar-refractivity contribution is 0.0539. The molecule has 0 aromatic carbocycles. The van der Waals surface area contributed by atoms with Gasteiger partial charge in [0, 0.05) is 25.1 Å². The second kappa shape index (κ2) is 5.75. The summed E-state index contributed by atoms with van der Waals surface area (Å²) in [5.41, 5.74) is 3.03. The Morgan fingerprint density at radius 3 is 3.19 bits per heavy atom. The molecule has 16 heavy (non-hydrogen) atoms. The summed E-state index contributed by atoms with van der Waals surface area (Å²) < 4.78 is 5.76. The van der Waals surface area contributed by atoms with Crippen molar-refractivity contribution in [3.63, 3.8) is 0 Å². The van der Waals surface area contributed by atoms with E-state index >= 15 is 0 Å². The van der Waals surface area contributed by atoms with Crippen LogP contribution >= 0.6 is 11.3 Å². The maximum atomic E-state index is 5.76. The van der Waals surface area contributed by atoms with Gasteiger partial charge >= 0.3 is 0 Å². The molecule has 1 fully saturated rings. The minimum Gasteiger partial charge on any atom is -0.378 e. The van der Waals surface area contributed by atoms with Gasteiger partial charge in [-0.2, -0.15) is 0 Å². The highest BCUT2D eigenvalue weighted by atomic mass is 32.1. The predicted molar refractivity (Wildman–Crippen MR) is 66.5 cm³/mol. The standard InChI is InChI=1S/C12H20N2OS/c1-9(2)12-10(3-4-15-12)5-13-6-11-7-16-8-14-11/h7-10,12-13H,3-6H2,1-2H3/t10-,12-/m1/s1. The van der Waals surface area contributed by atoms with E-state index in [-0.39, 0.29) is 0 Å². The average Bonchev–Trinajstić information content (AvgIpc) is 2.87. The molecule has 1 aromatic rings. The Bertz CT molecular complexity index is 300. The van der Waals surface area contributed by atoms with Gasteiger partial charge in [0.2, 0.25) is 0 Å². The third-order valence-corrected chi connectivity index (χ3v) is 3.75. The molecule has 1 aromatic heterocycles. The van der Waals surface area contributed by atoms with E-state index in [1.165, 1.54) is 6.42 Å². The van der Waals surface area contributed by atoms with Crippen molar-refractivity contribution in [1.82, 2.24) is 10.3 Å². The van der Waals surface area contributed by atoms with Gasteiger partial charge in [0.25, 0.3) is 0 Å². The van der Waals surface area contributed by atoms with E-state index in [0.29, 0.717) is 17.9 Å². The molecule has 1 N–H and O–H groups in total. The van der Waals surface area contributed by atoms with Gasteiger partial charge < -0.3 is 10.1 Å². The van der Waals surface area contributed by atoms with Crippen LogP contribution < -0.4 is 5.32 Å². The third kappa shape index (κ3) is 3.03. The van der Waals surface area contributed by atoms with Gasteiger partial charge in [-0.1, -0.05) is 13.8 Å². The lowest BCUT2D eigenvalue weighted by Crippen LogP contribution is -2.31. The molecule has 0 spiro atoms. The largest absolute Gasteiger partial charge is 0.378 e. The first-order chi connectivity index (χ1) is 7.77. The molecule has 2 atom stereocenters. The van der Waals surface area contributed by atoms with Crippen LogP contribution in [0, 0.1) is 11.8 Å². The van der Waals surface area contributed by atoms with E-state index < -0.39 is 0 Å². The third-order valence-electron chi connectivity index (χ3n) is 3.12. The van der Waals surface area contributed by atoms with Crippen molar-refractivity contribution >= 4 is 11.3 Å². The molecule has 2 heterocycles. The molecule has 0 aliphatic carbocycles. The molecule has 1 aliphatic heterocycles. The maximum Gasteiger partial charge on any atom is 0.0795 e.